The van der Waals surface area contributed by atoms with Crippen LogP contribution in [0.4, 0.5) is 10.5 Å². The molecule has 40 heavy (non-hydrogen) atoms. The van der Waals surface area contributed by atoms with Gasteiger partial charge in [-0.2, -0.15) is 0 Å². The highest BCUT2D eigenvalue weighted by Gasteiger charge is 2.33. The number of nitrogens with two attached hydrogens (primary N) is 1. The van der Waals surface area contributed by atoms with Gasteiger partial charge in [0.2, 0.25) is 0 Å². The number of hydrogen-bond donors (Lipinski definition) is 5. The molecule has 0 saturated heterocycles. The zero-order valence-corrected chi connectivity index (χ0v) is 25.7. The number of nitrogens with zero attached hydrogens (tertiary/aromatic N) is 2. The van der Waals surface area contributed by atoms with Gasteiger partial charge in [-0.1, -0.05) is 12.1 Å². The van der Waals surface area contributed by atoms with E-state index in [2.05, 4.69) is 21.3 Å². The van der Waals surface area contributed by atoms with Crippen molar-refractivity contribution in [2.45, 2.75) is 25.7 Å². The molecule has 0 aliphatic carbocycles. The average molecular weight is 621 g/mol. The number of rotatable bonds is 16. The molecule has 226 valence electrons. The summed E-state index contributed by atoms with van der Waals surface area (Å²) >= 11 is 0. The number of likely N-dealkylation sites (N-methyl/N-ethyl adjacent to an activating group) is 1. The second-order valence-electron chi connectivity index (χ2n) is 9.58. The molecular weight excluding hydrogens is 577 g/mol. The van der Waals surface area contributed by atoms with Crippen molar-refractivity contribution < 1.29 is 14.4 Å². The van der Waals surface area contributed by atoms with Gasteiger partial charge < -0.3 is 31.9 Å². The summed E-state index contributed by atoms with van der Waals surface area (Å²) in [6.45, 7) is 5.90. The first kappa shape index (κ1) is 37.8. The van der Waals surface area contributed by atoms with E-state index in [0.717, 1.165) is 63.8 Å². The molecule has 1 aliphatic rings. The predicted molar refractivity (Wildman–Crippen MR) is 170 cm³/mol. The van der Waals surface area contributed by atoms with Gasteiger partial charge in [-0.3, -0.25) is 14.5 Å². The van der Waals surface area contributed by atoms with Gasteiger partial charge in [0.25, 0.3) is 11.8 Å². The predicted octanol–water partition coefficient (Wildman–Crippen LogP) is 3.08. The van der Waals surface area contributed by atoms with Gasteiger partial charge in [0.15, 0.2) is 0 Å². The number of nitrogens with one attached hydrogen (secondary N) is 4. The zero-order chi connectivity index (χ0) is 26.6. The molecule has 2 aromatic rings. The number of hydrogen-bond acceptors (Lipinski definition) is 7. The molecule has 0 fully saturated rings. The maximum atomic E-state index is 13.2. The molecule has 0 radical (unpaired) electrons. The zero-order valence-electron chi connectivity index (χ0n) is 23.3. The molecule has 6 N–H and O–H groups in total. The Kier molecular flexibility index (Phi) is 18.7. The SMILES string of the molecule is CN(C)CCN1C(=O)c2cccc3cc(NC(=O)NCCCNCCCNCCCCN)cc(c23)C1=O.Cl.Cl.Cl. The molecule has 13 heteroatoms. The van der Waals surface area contributed by atoms with Crippen molar-refractivity contribution in [3.63, 3.8) is 0 Å². The molecule has 0 saturated carbocycles. The van der Waals surface area contributed by atoms with E-state index in [1.807, 2.05) is 25.1 Å². The molecule has 4 amide bonds. The molecule has 0 aromatic heterocycles. The van der Waals surface area contributed by atoms with E-state index < -0.39 is 0 Å². The molecule has 1 heterocycles. The average Bonchev–Trinajstić information content (AvgIpc) is 2.87. The lowest BCUT2D eigenvalue weighted by Gasteiger charge is -2.28. The molecule has 0 atom stereocenters. The van der Waals surface area contributed by atoms with Gasteiger partial charge >= 0.3 is 6.03 Å². The summed E-state index contributed by atoms with van der Waals surface area (Å²) in [6, 6.07) is 8.53. The second kappa shape index (κ2) is 19.8. The smallest absolute Gasteiger partial charge is 0.319 e. The van der Waals surface area contributed by atoms with Gasteiger partial charge in [0, 0.05) is 36.3 Å². The summed E-state index contributed by atoms with van der Waals surface area (Å²) in [5.74, 6) is -0.618. The fourth-order valence-electron chi connectivity index (χ4n) is 4.31. The Hall–Kier alpha value is -2.18. The highest BCUT2D eigenvalue weighted by molar-refractivity contribution is 6.26. The van der Waals surface area contributed by atoms with Crippen LogP contribution in [0.5, 0.6) is 0 Å². The van der Waals surface area contributed by atoms with E-state index in [4.69, 9.17) is 5.73 Å². The summed E-state index contributed by atoms with van der Waals surface area (Å²) in [4.78, 5) is 41.9. The summed E-state index contributed by atoms with van der Waals surface area (Å²) in [5, 5.41) is 13.9. The monoisotopic (exact) mass is 619 g/mol. The summed E-state index contributed by atoms with van der Waals surface area (Å²) in [6.07, 6.45) is 4.04. The van der Waals surface area contributed by atoms with Crippen LogP contribution in [0, 0.1) is 0 Å². The van der Waals surface area contributed by atoms with Crippen molar-refractivity contribution in [2.75, 3.05) is 71.8 Å². The number of unbranched alkanes of at least 4 members (excludes halogenated alkanes) is 1. The number of halogens is 3. The number of carbonyl (C=O) groups is 3. The van der Waals surface area contributed by atoms with E-state index in [-0.39, 0.29) is 55.1 Å². The lowest BCUT2D eigenvalue weighted by Crippen LogP contribution is -2.43. The number of anilines is 1. The highest BCUT2D eigenvalue weighted by Crippen LogP contribution is 2.32. The number of carbonyl (C=O) groups excluding carboxylic acids is 3. The van der Waals surface area contributed by atoms with Crippen LogP contribution in [0.3, 0.4) is 0 Å². The molecule has 10 nitrogen and oxygen atoms in total. The van der Waals surface area contributed by atoms with Crippen LogP contribution in [-0.2, 0) is 0 Å². The lowest BCUT2D eigenvalue weighted by atomic mass is 9.93. The minimum absolute atomic E-state index is 0. The van der Waals surface area contributed by atoms with E-state index >= 15 is 0 Å². The van der Waals surface area contributed by atoms with Crippen LogP contribution in [0.2, 0.25) is 0 Å². The summed E-state index contributed by atoms with van der Waals surface area (Å²) in [5.41, 5.74) is 6.94. The molecule has 3 rings (SSSR count). The van der Waals surface area contributed by atoms with Gasteiger partial charge in [-0.15, -0.1) is 37.2 Å². The Bertz CT molecular complexity index is 1090. The number of imide groups is 1. The maximum Gasteiger partial charge on any atom is 0.319 e. The fourth-order valence-corrected chi connectivity index (χ4v) is 4.31. The third-order valence-electron chi connectivity index (χ3n) is 6.29. The largest absolute Gasteiger partial charge is 0.338 e. The Labute approximate surface area is 255 Å². The normalized spacial score (nSPS) is 12.1. The fraction of sp³-hybridized carbons (Fsp3) is 0.519. The van der Waals surface area contributed by atoms with Crippen molar-refractivity contribution in [1.29, 1.82) is 0 Å². The van der Waals surface area contributed by atoms with Gasteiger partial charge in [0.05, 0.1) is 5.56 Å². The number of urea groups is 1. The van der Waals surface area contributed by atoms with Crippen molar-refractivity contribution >= 4 is 71.5 Å². The molecule has 1 aliphatic heterocycles. The van der Waals surface area contributed by atoms with Gasteiger partial charge in [-0.05, 0) is 96.1 Å². The van der Waals surface area contributed by atoms with Gasteiger partial charge in [-0.25, -0.2) is 4.79 Å². The topological polar surface area (TPSA) is 132 Å². The Morgan fingerprint density at radius 1 is 0.850 bits per heavy atom. The van der Waals surface area contributed by atoms with E-state index in [1.165, 1.54) is 4.90 Å². The maximum absolute atomic E-state index is 13.2. The highest BCUT2D eigenvalue weighted by atomic mass is 35.5. The van der Waals surface area contributed by atoms with Crippen LogP contribution >= 0.6 is 37.2 Å². The van der Waals surface area contributed by atoms with Crippen LogP contribution in [0.25, 0.3) is 10.8 Å². The Morgan fingerprint density at radius 2 is 1.48 bits per heavy atom. The second-order valence-corrected chi connectivity index (χ2v) is 9.58. The van der Waals surface area contributed by atoms with Crippen LogP contribution in [0.1, 0.15) is 46.4 Å². The van der Waals surface area contributed by atoms with Crippen molar-refractivity contribution in [3.05, 3.63) is 41.5 Å². The minimum Gasteiger partial charge on any atom is -0.338 e. The Morgan fingerprint density at radius 3 is 2.12 bits per heavy atom. The van der Waals surface area contributed by atoms with Crippen molar-refractivity contribution in [2.24, 2.45) is 5.73 Å². The quantitative estimate of drug-likeness (QED) is 0.144. The van der Waals surface area contributed by atoms with Crippen LogP contribution < -0.4 is 27.0 Å². The van der Waals surface area contributed by atoms with E-state index in [0.29, 0.717) is 41.8 Å². The van der Waals surface area contributed by atoms with E-state index in [1.54, 1.807) is 24.3 Å². The molecular formula is C27H44Cl3N7O3. The third kappa shape index (κ3) is 11.0. The first-order valence-corrected chi connectivity index (χ1v) is 13.2. The first-order valence-electron chi connectivity index (χ1n) is 13.2. The molecule has 0 bridgehead atoms. The van der Waals surface area contributed by atoms with Crippen LogP contribution in [-0.4, -0.2) is 94.1 Å². The van der Waals surface area contributed by atoms with Gasteiger partial charge in [0.1, 0.15) is 0 Å². The molecule has 0 spiro atoms. The first-order chi connectivity index (χ1) is 17.9. The Balaban J connectivity index is 0.00000507. The third-order valence-corrected chi connectivity index (χ3v) is 6.29. The van der Waals surface area contributed by atoms with Crippen LogP contribution in [0.15, 0.2) is 30.3 Å². The molecule has 0 unspecified atom stereocenters. The van der Waals surface area contributed by atoms with E-state index in [9.17, 15) is 14.4 Å². The summed E-state index contributed by atoms with van der Waals surface area (Å²) in [7, 11) is 3.80. The lowest BCUT2D eigenvalue weighted by molar-refractivity contribution is 0.0601. The standard InChI is InChI=1S/C27H41N7O3.3ClH/c1-33(2)16-17-34-25(35)22-9-5-8-20-18-21(19-23(24(20)22)26(34)36)32-27(37)31-15-7-14-30-13-6-12-29-11-4-3-10-28;;;/h5,8-9,18-19,29-30H,3-4,6-7,10-17,28H2,1-2H3,(H2,31,32,37);3*1H. The minimum atomic E-state index is -0.337. The van der Waals surface area contributed by atoms with Crippen molar-refractivity contribution in [3.8, 4) is 0 Å². The molecule has 2 aromatic carbocycles. The summed E-state index contributed by atoms with van der Waals surface area (Å²) < 4.78 is 0. The number of amides is 4. The van der Waals surface area contributed by atoms with Crippen molar-refractivity contribution in [1.82, 2.24) is 25.8 Å². The number of benzene rings is 2.